The van der Waals surface area contributed by atoms with Gasteiger partial charge in [-0.05, 0) is 24.3 Å². The number of ketones is 1. The summed E-state index contributed by atoms with van der Waals surface area (Å²) in [4.78, 5) is 11.9. The molecule has 0 spiro atoms. The minimum Gasteiger partial charge on any atom is -0.298 e. The van der Waals surface area contributed by atoms with E-state index in [-0.39, 0.29) is 11.5 Å². The fourth-order valence-electron chi connectivity index (χ4n) is 1.29. The Morgan fingerprint density at radius 2 is 1.58 bits per heavy atom. The number of hydrogen-bond acceptors (Lipinski definition) is 2. The first-order valence-corrected chi connectivity index (χ1v) is 6.57. The predicted molar refractivity (Wildman–Crippen MR) is 68.0 cm³/mol. The van der Waals surface area contributed by atoms with Crippen molar-refractivity contribution in [2.45, 2.75) is 26.3 Å². The van der Waals surface area contributed by atoms with E-state index in [4.69, 9.17) is 0 Å². The molecule has 0 radical (unpaired) electrons. The molecular formula is C12H14F3NO2S. The van der Waals surface area contributed by atoms with Gasteiger partial charge in [0.2, 0.25) is 11.0 Å². The summed E-state index contributed by atoms with van der Waals surface area (Å²) in [5.74, 6) is -0.115. The van der Waals surface area contributed by atoms with Crippen molar-refractivity contribution >= 4 is 22.5 Å². The lowest BCUT2D eigenvalue weighted by Gasteiger charge is -2.16. The summed E-state index contributed by atoms with van der Waals surface area (Å²) in [6.07, 6.45) is 0. The Morgan fingerprint density at radius 3 is 1.95 bits per heavy atom. The van der Waals surface area contributed by atoms with Crippen molar-refractivity contribution in [2.75, 3.05) is 4.72 Å². The molecule has 1 rings (SSSR count). The predicted octanol–water partition coefficient (Wildman–Crippen LogP) is 3.51. The minimum atomic E-state index is -4.82. The molecule has 1 unspecified atom stereocenters. The molecule has 0 saturated carbocycles. The highest BCUT2D eigenvalue weighted by Gasteiger charge is 2.37. The van der Waals surface area contributed by atoms with Gasteiger partial charge in [-0.15, -0.1) is 0 Å². The van der Waals surface area contributed by atoms with E-state index < -0.39 is 21.9 Å². The SMILES string of the molecule is CC(C)(C)C(=O)c1ccc(NS(=O)C(F)(F)F)cc1. The van der Waals surface area contributed by atoms with Gasteiger partial charge in [-0.3, -0.25) is 9.52 Å². The highest BCUT2D eigenvalue weighted by atomic mass is 32.2. The number of carbonyl (C=O) groups excluding carboxylic acids is 1. The van der Waals surface area contributed by atoms with Crippen molar-refractivity contribution in [1.29, 1.82) is 0 Å². The second-order valence-corrected chi connectivity index (χ2v) is 6.18. The van der Waals surface area contributed by atoms with Crippen LogP contribution >= 0.6 is 0 Å². The largest absolute Gasteiger partial charge is 0.490 e. The van der Waals surface area contributed by atoms with Gasteiger partial charge in [-0.25, -0.2) is 4.21 Å². The molecule has 0 aliphatic carbocycles. The molecule has 7 heteroatoms. The molecule has 0 aromatic heterocycles. The normalized spacial score (nSPS) is 14.0. The van der Waals surface area contributed by atoms with E-state index in [1.54, 1.807) is 20.8 Å². The van der Waals surface area contributed by atoms with Gasteiger partial charge in [0.15, 0.2) is 5.78 Å². The summed E-state index contributed by atoms with van der Waals surface area (Å²) in [5.41, 5.74) is -4.94. The van der Waals surface area contributed by atoms with Crippen LogP contribution in [0.25, 0.3) is 0 Å². The van der Waals surface area contributed by atoms with Gasteiger partial charge < -0.3 is 0 Å². The van der Waals surface area contributed by atoms with Crippen LogP contribution < -0.4 is 4.72 Å². The number of anilines is 1. The molecule has 0 aliphatic rings. The Kier molecular flexibility index (Phi) is 4.39. The van der Waals surface area contributed by atoms with Crippen molar-refractivity contribution < 1.29 is 22.2 Å². The van der Waals surface area contributed by atoms with Crippen molar-refractivity contribution in [3.8, 4) is 0 Å². The molecule has 0 fully saturated rings. The van der Waals surface area contributed by atoms with Crippen LogP contribution in [0.15, 0.2) is 24.3 Å². The summed E-state index contributed by atoms with van der Waals surface area (Å²) in [6, 6.07) is 5.40. The van der Waals surface area contributed by atoms with Crippen LogP contribution in [0, 0.1) is 5.41 Å². The zero-order chi connectivity index (χ0) is 14.8. The van der Waals surface area contributed by atoms with Gasteiger partial charge >= 0.3 is 5.51 Å². The van der Waals surface area contributed by atoms with E-state index in [0.717, 1.165) is 0 Å². The first-order chi connectivity index (χ1) is 8.51. The fraction of sp³-hybridized carbons (Fsp3) is 0.417. The van der Waals surface area contributed by atoms with Gasteiger partial charge in [0.05, 0.1) is 0 Å². The zero-order valence-corrected chi connectivity index (χ0v) is 11.5. The summed E-state index contributed by atoms with van der Waals surface area (Å²) in [7, 11) is -3.16. The third-order valence-electron chi connectivity index (χ3n) is 2.25. The average Bonchev–Trinajstić information content (AvgIpc) is 2.26. The van der Waals surface area contributed by atoms with Crippen LogP contribution in [0.3, 0.4) is 0 Å². The van der Waals surface area contributed by atoms with Gasteiger partial charge in [0, 0.05) is 16.7 Å². The highest BCUT2D eigenvalue weighted by Crippen LogP contribution is 2.24. The van der Waals surface area contributed by atoms with Crippen LogP contribution in [0.5, 0.6) is 0 Å². The monoisotopic (exact) mass is 293 g/mol. The van der Waals surface area contributed by atoms with E-state index >= 15 is 0 Å². The smallest absolute Gasteiger partial charge is 0.298 e. The zero-order valence-electron chi connectivity index (χ0n) is 10.7. The number of alkyl halides is 3. The van der Waals surface area contributed by atoms with Crippen LogP contribution in [-0.4, -0.2) is 15.5 Å². The van der Waals surface area contributed by atoms with E-state index in [0.29, 0.717) is 5.56 Å². The Hall–Kier alpha value is -1.37. The van der Waals surface area contributed by atoms with Crippen molar-refractivity contribution in [3.05, 3.63) is 29.8 Å². The number of halogens is 3. The van der Waals surface area contributed by atoms with Crippen LogP contribution in [0.2, 0.25) is 0 Å². The number of carbonyl (C=O) groups is 1. The Labute approximate surface area is 111 Å². The second kappa shape index (κ2) is 5.32. The second-order valence-electron chi connectivity index (χ2n) is 4.97. The lowest BCUT2D eigenvalue weighted by atomic mass is 9.86. The number of Topliss-reactive ketones (excluding diaryl/α,β-unsaturated/α-hetero) is 1. The molecule has 1 aromatic rings. The standard InChI is InChI=1S/C12H14F3NO2S/c1-11(2,3)10(17)8-4-6-9(7-5-8)16-19(18)12(13,14)15/h4-7,16H,1-3H3. The van der Waals surface area contributed by atoms with E-state index in [9.17, 15) is 22.2 Å². The molecule has 1 aromatic carbocycles. The van der Waals surface area contributed by atoms with Gasteiger partial charge in [-0.2, -0.15) is 13.2 Å². The summed E-state index contributed by atoms with van der Waals surface area (Å²) in [5, 5.41) is 0. The molecule has 1 N–H and O–H groups in total. The van der Waals surface area contributed by atoms with Gasteiger partial charge in [0.1, 0.15) is 0 Å². The fourth-order valence-corrected chi connectivity index (χ4v) is 1.75. The maximum absolute atomic E-state index is 12.1. The van der Waals surface area contributed by atoms with Crippen LogP contribution in [0.1, 0.15) is 31.1 Å². The molecule has 0 aliphatic heterocycles. The van der Waals surface area contributed by atoms with E-state index in [2.05, 4.69) is 0 Å². The average molecular weight is 293 g/mol. The minimum absolute atomic E-state index is 0.0427. The molecule has 19 heavy (non-hydrogen) atoms. The number of hydrogen-bond donors (Lipinski definition) is 1. The topological polar surface area (TPSA) is 46.2 Å². The quantitative estimate of drug-likeness (QED) is 0.867. The van der Waals surface area contributed by atoms with Crippen LogP contribution in [0.4, 0.5) is 18.9 Å². The molecule has 1 atom stereocenters. The Bertz CT molecular complexity index is 489. The van der Waals surface area contributed by atoms with E-state index in [1.807, 2.05) is 4.72 Å². The number of rotatable bonds is 3. The maximum Gasteiger partial charge on any atom is 0.490 e. The van der Waals surface area contributed by atoms with Gasteiger partial charge in [0.25, 0.3) is 0 Å². The first-order valence-electron chi connectivity index (χ1n) is 5.42. The number of benzene rings is 1. The Balaban J connectivity index is 2.84. The van der Waals surface area contributed by atoms with E-state index in [1.165, 1.54) is 24.3 Å². The number of nitrogens with one attached hydrogen (secondary N) is 1. The maximum atomic E-state index is 12.1. The molecule has 3 nitrogen and oxygen atoms in total. The van der Waals surface area contributed by atoms with Crippen molar-refractivity contribution in [1.82, 2.24) is 0 Å². The highest BCUT2D eigenvalue weighted by molar-refractivity contribution is 7.87. The van der Waals surface area contributed by atoms with Gasteiger partial charge in [-0.1, -0.05) is 20.8 Å². The van der Waals surface area contributed by atoms with Crippen molar-refractivity contribution in [3.63, 3.8) is 0 Å². The first kappa shape index (κ1) is 15.7. The summed E-state index contributed by atoms with van der Waals surface area (Å²) in [6.45, 7) is 5.25. The molecule has 0 heterocycles. The molecule has 0 bridgehead atoms. The third-order valence-corrected chi connectivity index (χ3v) is 3.09. The molecular weight excluding hydrogens is 279 g/mol. The van der Waals surface area contributed by atoms with Crippen molar-refractivity contribution in [2.24, 2.45) is 5.41 Å². The molecule has 0 amide bonds. The Morgan fingerprint density at radius 1 is 1.11 bits per heavy atom. The molecule has 0 saturated heterocycles. The third kappa shape index (κ3) is 4.34. The summed E-state index contributed by atoms with van der Waals surface area (Å²) >= 11 is 0. The van der Waals surface area contributed by atoms with Crippen LogP contribution in [-0.2, 0) is 11.0 Å². The lowest BCUT2D eigenvalue weighted by molar-refractivity contribution is -0.0379. The summed E-state index contributed by atoms with van der Waals surface area (Å²) < 4.78 is 48.9. The lowest BCUT2D eigenvalue weighted by Crippen LogP contribution is -2.23. The molecule has 106 valence electrons.